The first kappa shape index (κ1) is 16.4. The predicted molar refractivity (Wildman–Crippen MR) is 124 cm³/mol. The van der Waals surface area contributed by atoms with Gasteiger partial charge in [0.25, 0.3) is 0 Å². The normalized spacial score (nSPS) is 12.0. The second kappa shape index (κ2) is 5.74. The standard InChI is InChI=1S/C27H22N2/c1-17-8-11-26-21(14-17)22-15-18(2)9-12-27(22)29(26)19-10-13-25-23(16-19)20-6-4-5-7-24(20)28(25)3/h4-16H,1-3H3. The molecule has 0 spiro atoms. The van der Waals surface area contributed by atoms with Crippen LogP contribution in [-0.2, 0) is 7.05 Å². The Morgan fingerprint density at radius 2 is 1.07 bits per heavy atom. The van der Waals surface area contributed by atoms with Crippen LogP contribution in [0.15, 0.2) is 78.9 Å². The van der Waals surface area contributed by atoms with Gasteiger partial charge in [-0.2, -0.15) is 0 Å². The summed E-state index contributed by atoms with van der Waals surface area (Å²) in [7, 11) is 2.15. The number of fused-ring (bicyclic) bond motifs is 6. The molecule has 0 fully saturated rings. The number of benzene rings is 4. The molecule has 0 bridgehead atoms. The summed E-state index contributed by atoms with van der Waals surface area (Å²) in [6, 6.07) is 29.1. The monoisotopic (exact) mass is 374 g/mol. The van der Waals surface area contributed by atoms with Gasteiger partial charge in [0, 0.05) is 45.3 Å². The van der Waals surface area contributed by atoms with E-state index in [0.29, 0.717) is 0 Å². The fraction of sp³-hybridized carbons (Fsp3) is 0.111. The fourth-order valence-corrected chi connectivity index (χ4v) is 4.82. The van der Waals surface area contributed by atoms with Gasteiger partial charge in [-0.25, -0.2) is 0 Å². The molecule has 4 aromatic carbocycles. The summed E-state index contributed by atoms with van der Waals surface area (Å²) in [5, 5.41) is 5.25. The van der Waals surface area contributed by atoms with Gasteiger partial charge in [-0.05, 0) is 62.4 Å². The Bertz CT molecular complexity index is 1520. The van der Waals surface area contributed by atoms with Crippen molar-refractivity contribution in [2.45, 2.75) is 13.8 Å². The van der Waals surface area contributed by atoms with Crippen LogP contribution in [0.2, 0.25) is 0 Å². The van der Waals surface area contributed by atoms with E-state index in [1.807, 2.05) is 0 Å². The first-order valence-electron chi connectivity index (χ1n) is 10.1. The molecular weight excluding hydrogens is 352 g/mol. The molecule has 0 aliphatic carbocycles. The highest BCUT2D eigenvalue weighted by Gasteiger charge is 2.14. The Kier molecular flexibility index (Phi) is 3.25. The molecule has 0 unspecified atom stereocenters. The van der Waals surface area contributed by atoms with E-state index in [4.69, 9.17) is 0 Å². The largest absolute Gasteiger partial charge is 0.344 e. The molecule has 0 N–H and O–H groups in total. The minimum atomic E-state index is 1.21. The summed E-state index contributed by atoms with van der Waals surface area (Å²) in [5.74, 6) is 0. The van der Waals surface area contributed by atoms with Crippen molar-refractivity contribution >= 4 is 43.6 Å². The Morgan fingerprint density at radius 3 is 1.76 bits per heavy atom. The van der Waals surface area contributed by atoms with E-state index in [-0.39, 0.29) is 0 Å². The molecule has 6 rings (SSSR count). The highest BCUT2D eigenvalue weighted by molar-refractivity contribution is 6.11. The molecule has 2 heteroatoms. The van der Waals surface area contributed by atoms with Gasteiger partial charge in [0.05, 0.1) is 11.0 Å². The van der Waals surface area contributed by atoms with Gasteiger partial charge in [-0.3, -0.25) is 0 Å². The molecule has 2 heterocycles. The second-order valence-corrected chi connectivity index (χ2v) is 8.15. The number of nitrogens with zero attached hydrogens (tertiary/aromatic N) is 2. The molecular formula is C27H22N2. The lowest BCUT2D eigenvalue weighted by atomic mass is 10.1. The van der Waals surface area contributed by atoms with E-state index >= 15 is 0 Å². The smallest absolute Gasteiger partial charge is 0.0541 e. The van der Waals surface area contributed by atoms with Crippen LogP contribution in [0, 0.1) is 13.8 Å². The first-order chi connectivity index (χ1) is 14.1. The van der Waals surface area contributed by atoms with E-state index in [1.165, 1.54) is 60.4 Å². The number of para-hydroxylation sites is 1. The Hall–Kier alpha value is -3.52. The van der Waals surface area contributed by atoms with Crippen LogP contribution in [0.4, 0.5) is 0 Å². The third-order valence-corrected chi connectivity index (χ3v) is 6.23. The zero-order chi connectivity index (χ0) is 19.7. The molecule has 0 radical (unpaired) electrons. The van der Waals surface area contributed by atoms with E-state index in [1.54, 1.807) is 0 Å². The average Bonchev–Trinajstić information content (AvgIpc) is 3.20. The molecule has 6 aromatic rings. The number of hydrogen-bond donors (Lipinski definition) is 0. The van der Waals surface area contributed by atoms with E-state index in [0.717, 1.165) is 0 Å². The maximum Gasteiger partial charge on any atom is 0.0541 e. The maximum atomic E-state index is 2.41. The van der Waals surface area contributed by atoms with E-state index in [9.17, 15) is 0 Å². The van der Waals surface area contributed by atoms with Gasteiger partial charge in [-0.1, -0.05) is 41.5 Å². The summed E-state index contributed by atoms with van der Waals surface area (Å²) in [6.45, 7) is 4.33. The van der Waals surface area contributed by atoms with Gasteiger partial charge in [0.1, 0.15) is 0 Å². The molecule has 29 heavy (non-hydrogen) atoms. The fourth-order valence-electron chi connectivity index (χ4n) is 4.82. The first-order valence-corrected chi connectivity index (χ1v) is 10.1. The summed E-state index contributed by atoms with van der Waals surface area (Å²) < 4.78 is 4.69. The van der Waals surface area contributed by atoms with Crippen LogP contribution in [0.25, 0.3) is 49.3 Å². The third kappa shape index (κ3) is 2.23. The third-order valence-electron chi connectivity index (χ3n) is 6.23. The Balaban J connectivity index is 1.75. The van der Waals surface area contributed by atoms with Crippen molar-refractivity contribution in [3.8, 4) is 5.69 Å². The number of aryl methyl sites for hydroxylation is 3. The van der Waals surface area contributed by atoms with E-state index in [2.05, 4.69) is 109 Å². The molecule has 140 valence electrons. The minimum Gasteiger partial charge on any atom is -0.344 e. The van der Waals surface area contributed by atoms with Crippen molar-refractivity contribution in [2.24, 2.45) is 7.05 Å². The van der Waals surface area contributed by atoms with Crippen molar-refractivity contribution < 1.29 is 0 Å². The van der Waals surface area contributed by atoms with Crippen LogP contribution in [0.1, 0.15) is 11.1 Å². The summed E-state index contributed by atoms with van der Waals surface area (Å²) in [4.78, 5) is 0. The quantitative estimate of drug-likeness (QED) is 0.292. The summed E-state index contributed by atoms with van der Waals surface area (Å²) in [6.07, 6.45) is 0. The predicted octanol–water partition coefficient (Wildman–Crippen LogP) is 7.05. The highest BCUT2D eigenvalue weighted by Crippen LogP contribution is 2.35. The van der Waals surface area contributed by atoms with Crippen molar-refractivity contribution in [2.75, 3.05) is 0 Å². The van der Waals surface area contributed by atoms with Crippen molar-refractivity contribution in [1.82, 2.24) is 9.13 Å². The van der Waals surface area contributed by atoms with Gasteiger partial charge >= 0.3 is 0 Å². The molecule has 0 atom stereocenters. The molecule has 0 aliphatic rings. The summed E-state index contributed by atoms with van der Waals surface area (Å²) in [5.41, 5.74) is 8.86. The number of rotatable bonds is 1. The molecule has 2 nitrogen and oxygen atoms in total. The van der Waals surface area contributed by atoms with Crippen molar-refractivity contribution in [3.63, 3.8) is 0 Å². The van der Waals surface area contributed by atoms with Crippen LogP contribution < -0.4 is 0 Å². The topological polar surface area (TPSA) is 9.86 Å². The van der Waals surface area contributed by atoms with Crippen LogP contribution in [-0.4, -0.2) is 9.13 Å². The summed E-state index contributed by atoms with van der Waals surface area (Å²) >= 11 is 0. The van der Waals surface area contributed by atoms with Crippen LogP contribution in [0.5, 0.6) is 0 Å². The molecule has 0 amide bonds. The zero-order valence-electron chi connectivity index (χ0n) is 16.9. The highest BCUT2D eigenvalue weighted by atomic mass is 15.0. The minimum absolute atomic E-state index is 1.21. The average molecular weight is 374 g/mol. The number of aromatic nitrogens is 2. The molecule has 0 aliphatic heterocycles. The lowest BCUT2D eigenvalue weighted by Crippen LogP contribution is -1.94. The lowest BCUT2D eigenvalue weighted by molar-refractivity contribution is 1.01. The second-order valence-electron chi connectivity index (χ2n) is 8.15. The van der Waals surface area contributed by atoms with Gasteiger partial charge in [0.2, 0.25) is 0 Å². The zero-order valence-corrected chi connectivity index (χ0v) is 16.9. The van der Waals surface area contributed by atoms with Crippen molar-refractivity contribution in [1.29, 1.82) is 0 Å². The van der Waals surface area contributed by atoms with Crippen LogP contribution >= 0.6 is 0 Å². The molecule has 0 saturated carbocycles. The SMILES string of the molecule is Cc1ccc2c(c1)c1cc(C)ccc1n2-c1ccc2c(c1)c1ccccc1n2C. The van der Waals surface area contributed by atoms with Gasteiger partial charge < -0.3 is 9.13 Å². The van der Waals surface area contributed by atoms with Gasteiger partial charge in [-0.15, -0.1) is 0 Å². The Morgan fingerprint density at radius 1 is 0.517 bits per heavy atom. The molecule has 2 aromatic heterocycles. The maximum absolute atomic E-state index is 2.41. The van der Waals surface area contributed by atoms with Crippen LogP contribution in [0.3, 0.4) is 0 Å². The van der Waals surface area contributed by atoms with Crippen molar-refractivity contribution in [3.05, 3.63) is 90.0 Å². The van der Waals surface area contributed by atoms with E-state index < -0.39 is 0 Å². The lowest BCUT2D eigenvalue weighted by Gasteiger charge is -2.09. The molecule has 0 saturated heterocycles. The van der Waals surface area contributed by atoms with Gasteiger partial charge in [0.15, 0.2) is 0 Å². The number of hydrogen-bond acceptors (Lipinski definition) is 0. The Labute approximate surface area is 169 Å².